The fraction of sp³-hybridized carbons (Fsp3) is 0.700. The molecule has 1 heterocycles. The Balaban J connectivity index is 2.63. The molecule has 0 saturated carbocycles. The SMILES string of the molecule is Cc1nn(C)c(Cl)c1CS(=O)CCC(C)N. The van der Waals surface area contributed by atoms with Crippen molar-refractivity contribution in [3.8, 4) is 0 Å². The van der Waals surface area contributed by atoms with Crippen LogP contribution in [0.2, 0.25) is 5.15 Å². The van der Waals surface area contributed by atoms with Crippen molar-refractivity contribution >= 4 is 22.4 Å². The lowest BCUT2D eigenvalue weighted by molar-refractivity contribution is 0.667. The van der Waals surface area contributed by atoms with E-state index < -0.39 is 10.8 Å². The summed E-state index contributed by atoms with van der Waals surface area (Å²) in [5, 5.41) is 4.76. The van der Waals surface area contributed by atoms with Crippen molar-refractivity contribution in [1.82, 2.24) is 9.78 Å². The fourth-order valence-electron chi connectivity index (χ4n) is 1.39. The molecule has 6 heteroatoms. The number of nitrogens with two attached hydrogens (primary N) is 1. The number of aryl methyl sites for hydroxylation is 2. The third kappa shape index (κ3) is 3.57. The van der Waals surface area contributed by atoms with E-state index in [1.165, 1.54) is 0 Å². The Morgan fingerprint density at radius 1 is 1.62 bits per heavy atom. The molecule has 0 fully saturated rings. The predicted molar refractivity (Wildman–Crippen MR) is 67.9 cm³/mol. The number of hydrogen-bond donors (Lipinski definition) is 1. The average Bonchev–Trinajstić information content (AvgIpc) is 2.42. The van der Waals surface area contributed by atoms with Gasteiger partial charge in [-0.05, 0) is 20.3 Å². The van der Waals surface area contributed by atoms with Crippen LogP contribution in [0.3, 0.4) is 0 Å². The van der Waals surface area contributed by atoms with Gasteiger partial charge in [-0.15, -0.1) is 0 Å². The third-order valence-electron chi connectivity index (χ3n) is 2.38. The maximum atomic E-state index is 11.8. The van der Waals surface area contributed by atoms with E-state index in [1.54, 1.807) is 11.7 Å². The molecule has 2 unspecified atom stereocenters. The highest BCUT2D eigenvalue weighted by Crippen LogP contribution is 2.20. The van der Waals surface area contributed by atoms with Crippen LogP contribution >= 0.6 is 11.6 Å². The van der Waals surface area contributed by atoms with Gasteiger partial charge >= 0.3 is 0 Å². The number of aromatic nitrogens is 2. The van der Waals surface area contributed by atoms with Crippen LogP contribution in [0.15, 0.2) is 0 Å². The summed E-state index contributed by atoms with van der Waals surface area (Å²) in [6.07, 6.45) is 0.767. The lowest BCUT2D eigenvalue weighted by atomic mass is 10.3. The minimum absolute atomic E-state index is 0.0921. The summed E-state index contributed by atoms with van der Waals surface area (Å²) >= 11 is 6.06. The highest BCUT2D eigenvalue weighted by molar-refractivity contribution is 7.84. The van der Waals surface area contributed by atoms with E-state index in [-0.39, 0.29) is 6.04 Å². The molecule has 0 aliphatic rings. The van der Waals surface area contributed by atoms with Crippen LogP contribution in [0.1, 0.15) is 24.6 Å². The van der Waals surface area contributed by atoms with Crippen LogP contribution < -0.4 is 5.73 Å². The smallest absolute Gasteiger partial charge is 0.131 e. The standard InChI is InChI=1S/C10H18ClN3OS/c1-7(12)4-5-16(15)6-9-8(2)13-14(3)10(9)11/h7H,4-6,12H2,1-3H3. The van der Waals surface area contributed by atoms with Crippen molar-refractivity contribution < 1.29 is 4.21 Å². The van der Waals surface area contributed by atoms with Gasteiger partial charge < -0.3 is 5.73 Å². The van der Waals surface area contributed by atoms with Crippen LogP contribution in [-0.2, 0) is 23.6 Å². The van der Waals surface area contributed by atoms with Gasteiger partial charge in [-0.2, -0.15) is 5.10 Å². The molecule has 2 N–H and O–H groups in total. The van der Waals surface area contributed by atoms with E-state index in [1.807, 2.05) is 13.8 Å². The topological polar surface area (TPSA) is 60.9 Å². The fourth-order valence-corrected chi connectivity index (χ4v) is 3.16. The van der Waals surface area contributed by atoms with Gasteiger partial charge in [0.25, 0.3) is 0 Å². The first-order valence-corrected chi connectivity index (χ1v) is 7.07. The maximum Gasteiger partial charge on any atom is 0.131 e. The minimum atomic E-state index is -0.917. The zero-order valence-electron chi connectivity index (χ0n) is 9.86. The monoisotopic (exact) mass is 263 g/mol. The van der Waals surface area contributed by atoms with Crippen LogP contribution in [0.5, 0.6) is 0 Å². The van der Waals surface area contributed by atoms with Crippen LogP contribution in [0.4, 0.5) is 0 Å². The molecule has 92 valence electrons. The lowest BCUT2D eigenvalue weighted by Gasteiger charge is -2.05. The van der Waals surface area contributed by atoms with Gasteiger partial charge in [0.2, 0.25) is 0 Å². The van der Waals surface area contributed by atoms with Gasteiger partial charge in [-0.3, -0.25) is 8.89 Å². The zero-order chi connectivity index (χ0) is 12.3. The lowest BCUT2D eigenvalue weighted by Crippen LogP contribution is -2.18. The van der Waals surface area contributed by atoms with Gasteiger partial charge in [0.15, 0.2) is 0 Å². The normalized spacial score (nSPS) is 15.1. The second kappa shape index (κ2) is 5.80. The Hall–Kier alpha value is -0.390. The Morgan fingerprint density at radius 2 is 2.25 bits per heavy atom. The van der Waals surface area contributed by atoms with Crippen molar-refractivity contribution in [3.05, 3.63) is 16.4 Å². The van der Waals surface area contributed by atoms with E-state index >= 15 is 0 Å². The van der Waals surface area contributed by atoms with Crippen LogP contribution in [-0.4, -0.2) is 25.8 Å². The van der Waals surface area contributed by atoms with Gasteiger partial charge in [0.05, 0.1) is 11.4 Å². The molecule has 0 bridgehead atoms. The Labute approximate surface area is 104 Å². The molecule has 1 aromatic rings. The van der Waals surface area contributed by atoms with Crippen molar-refractivity contribution in [2.24, 2.45) is 12.8 Å². The molecule has 4 nitrogen and oxygen atoms in total. The summed E-state index contributed by atoms with van der Waals surface area (Å²) < 4.78 is 13.4. The molecule has 0 aliphatic heterocycles. The van der Waals surface area contributed by atoms with Gasteiger partial charge in [0.1, 0.15) is 5.15 Å². The summed E-state index contributed by atoms with van der Waals surface area (Å²) in [5.74, 6) is 1.08. The molecule has 16 heavy (non-hydrogen) atoms. The van der Waals surface area contributed by atoms with Crippen molar-refractivity contribution in [3.63, 3.8) is 0 Å². The Kier molecular flexibility index (Phi) is 4.95. The average molecular weight is 264 g/mol. The maximum absolute atomic E-state index is 11.8. The molecule has 0 aliphatic carbocycles. The van der Waals surface area contributed by atoms with Crippen molar-refractivity contribution in [1.29, 1.82) is 0 Å². The highest BCUT2D eigenvalue weighted by Gasteiger charge is 2.14. The quantitative estimate of drug-likeness (QED) is 0.873. The largest absolute Gasteiger partial charge is 0.328 e. The van der Waals surface area contributed by atoms with Gasteiger partial charge in [-0.25, -0.2) is 0 Å². The zero-order valence-corrected chi connectivity index (χ0v) is 11.4. The number of halogens is 1. The van der Waals surface area contributed by atoms with Gasteiger partial charge in [-0.1, -0.05) is 11.6 Å². The first kappa shape index (κ1) is 13.7. The Bertz CT molecular complexity index is 390. The summed E-state index contributed by atoms with van der Waals surface area (Å²) in [7, 11) is 0.865. The predicted octanol–water partition coefficient (Wildman–Crippen LogP) is 1.37. The van der Waals surface area contributed by atoms with E-state index in [0.717, 1.165) is 17.7 Å². The van der Waals surface area contributed by atoms with E-state index in [0.29, 0.717) is 16.7 Å². The van der Waals surface area contributed by atoms with Crippen molar-refractivity contribution in [2.75, 3.05) is 5.75 Å². The summed E-state index contributed by atoms with van der Waals surface area (Å²) in [4.78, 5) is 0. The summed E-state index contributed by atoms with van der Waals surface area (Å²) in [5.41, 5.74) is 7.35. The second-order valence-corrected chi connectivity index (χ2v) is 5.97. The third-order valence-corrected chi connectivity index (χ3v) is 4.15. The Morgan fingerprint density at radius 3 is 2.69 bits per heavy atom. The molecule has 1 aromatic heterocycles. The summed E-state index contributed by atoms with van der Waals surface area (Å²) in [6, 6.07) is 0.0921. The summed E-state index contributed by atoms with van der Waals surface area (Å²) in [6.45, 7) is 3.80. The molecular weight excluding hydrogens is 246 g/mol. The highest BCUT2D eigenvalue weighted by atomic mass is 35.5. The van der Waals surface area contributed by atoms with Crippen LogP contribution in [0.25, 0.3) is 0 Å². The number of rotatable bonds is 5. The molecule has 0 aromatic carbocycles. The van der Waals surface area contributed by atoms with Crippen molar-refractivity contribution in [2.45, 2.75) is 32.1 Å². The molecule has 0 amide bonds. The second-order valence-electron chi connectivity index (χ2n) is 4.03. The van der Waals surface area contributed by atoms with E-state index in [4.69, 9.17) is 17.3 Å². The van der Waals surface area contributed by atoms with Gasteiger partial charge in [0, 0.05) is 35.2 Å². The van der Waals surface area contributed by atoms with E-state index in [9.17, 15) is 4.21 Å². The minimum Gasteiger partial charge on any atom is -0.328 e. The molecule has 0 spiro atoms. The first-order chi connectivity index (χ1) is 7.41. The molecule has 0 saturated heterocycles. The van der Waals surface area contributed by atoms with E-state index in [2.05, 4.69) is 5.10 Å². The molecule has 2 atom stereocenters. The molecule has 1 rings (SSSR count). The molecule has 0 radical (unpaired) electrons. The number of nitrogens with zero attached hydrogens (tertiary/aromatic N) is 2. The molecular formula is C10H18ClN3OS. The van der Waals surface area contributed by atoms with Crippen LogP contribution in [0, 0.1) is 6.92 Å². The number of hydrogen-bond acceptors (Lipinski definition) is 3. The first-order valence-electron chi connectivity index (χ1n) is 5.20.